The van der Waals surface area contributed by atoms with Crippen LogP contribution in [-0.2, 0) is 6.42 Å². The molecule has 0 saturated heterocycles. The zero-order valence-corrected chi connectivity index (χ0v) is 13.2. The molecule has 1 N–H and O–H groups in total. The largest absolute Gasteiger partial charge is 0.317 e. The molecule has 0 aliphatic heterocycles. The van der Waals surface area contributed by atoms with Gasteiger partial charge in [0.2, 0.25) is 0 Å². The highest BCUT2D eigenvalue weighted by Gasteiger charge is 2.16. The summed E-state index contributed by atoms with van der Waals surface area (Å²) in [6.45, 7) is 1.86. The van der Waals surface area contributed by atoms with Gasteiger partial charge >= 0.3 is 0 Å². The van der Waals surface area contributed by atoms with Crippen LogP contribution in [0, 0.1) is 11.6 Å². The summed E-state index contributed by atoms with van der Waals surface area (Å²) in [6, 6.07) is 4.99. The lowest BCUT2D eigenvalue weighted by Gasteiger charge is -2.09. The highest BCUT2D eigenvalue weighted by Crippen LogP contribution is 2.24. The van der Waals surface area contributed by atoms with E-state index >= 15 is 0 Å². The molecule has 1 heterocycles. The second kappa shape index (κ2) is 6.49. The fourth-order valence-corrected chi connectivity index (χ4v) is 2.34. The zero-order chi connectivity index (χ0) is 15.6. The Bertz CT molecular complexity index is 686. The average molecular weight is 376 g/mol. The second-order valence-electron chi connectivity index (χ2n) is 4.22. The third kappa shape index (κ3) is 3.77. The highest BCUT2D eigenvalue weighted by molar-refractivity contribution is 9.10. The molecular formula is C14H10BrClF2N2O. The Morgan fingerprint density at radius 1 is 1.29 bits per heavy atom. The number of anilines is 1. The van der Waals surface area contributed by atoms with Crippen LogP contribution in [-0.4, -0.2) is 10.9 Å². The molecule has 0 radical (unpaired) electrons. The van der Waals surface area contributed by atoms with Gasteiger partial charge in [-0.05, 0) is 30.7 Å². The van der Waals surface area contributed by atoms with Gasteiger partial charge in [0.05, 0.1) is 0 Å². The molecule has 0 saturated carbocycles. The van der Waals surface area contributed by atoms with E-state index in [1.54, 1.807) is 0 Å². The summed E-state index contributed by atoms with van der Waals surface area (Å²) < 4.78 is 27.6. The molecule has 110 valence electrons. The first-order chi connectivity index (χ1) is 9.90. The minimum Gasteiger partial charge on any atom is -0.317 e. The average Bonchev–Trinajstić information content (AvgIpc) is 2.41. The van der Waals surface area contributed by atoms with E-state index in [2.05, 4.69) is 26.2 Å². The van der Waals surface area contributed by atoms with Crippen molar-refractivity contribution in [2.45, 2.75) is 13.3 Å². The minimum atomic E-state index is -0.869. The molecule has 0 spiro atoms. The minimum absolute atomic E-state index is 0.149. The first kappa shape index (κ1) is 15.9. The van der Waals surface area contributed by atoms with Gasteiger partial charge in [-0.3, -0.25) is 4.79 Å². The van der Waals surface area contributed by atoms with Crippen LogP contribution in [0.1, 0.15) is 23.0 Å². The lowest BCUT2D eigenvalue weighted by atomic mass is 10.2. The van der Waals surface area contributed by atoms with Crippen molar-refractivity contribution in [3.8, 4) is 0 Å². The van der Waals surface area contributed by atoms with Crippen LogP contribution in [0.3, 0.4) is 0 Å². The molecule has 0 fully saturated rings. The highest BCUT2D eigenvalue weighted by atomic mass is 79.9. The Balaban J connectivity index is 2.32. The molecule has 2 aromatic rings. The fourth-order valence-electron chi connectivity index (χ4n) is 1.71. The van der Waals surface area contributed by atoms with Gasteiger partial charge < -0.3 is 5.32 Å². The van der Waals surface area contributed by atoms with Gasteiger partial charge in [0.1, 0.15) is 10.8 Å². The number of aryl methyl sites for hydroxylation is 1. The summed E-state index contributed by atoms with van der Waals surface area (Å²) in [6.07, 6.45) is 0.585. The number of hydrogen-bond donors (Lipinski definition) is 1. The maximum atomic E-state index is 13.7. The van der Waals surface area contributed by atoms with Crippen molar-refractivity contribution in [2.24, 2.45) is 0 Å². The molecule has 2 rings (SSSR count). The van der Waals surface area contributed by atoms with E-state index in [0.29, 0.717) is 12.1 Å². The van der Waals surface area contributed by atoms with Crippen molar-refractivity contribution in [3.05, 3.63) is 56.8 Å². The Labute approximate surface area is 133 Å². The Hall–Kier alpha value is -1.53. The maximum absolute atomic E-state index is 13.7. The van der Waals surface area contributed by atoms with Crippen LogP contribution < -0.4 is 5.32 Å². The van der Waals surface area contributed by atoms with E-state index in [4.69, 9.17) is 11.6 Å². The quantitative estimate of drug-likeness (QED) is 0.797. The maximum Gasteiger partial charge on any atom is 0.255 e. The summed E-state index contributed by atoms with van der Waals surface area (Å²) in [4.78, 5) is 16.1. The fraction of sp³-hybridized carbons (Fsp3) is 0.143. The standard InChI is InChI=1S/C14H10BrClF2N2O/c1-2-9-3-7(4-12(16)19-9)14(21)20-13-10(17)5-8(15)6-11(13)18/h3-6H,2H2,1H3,(H,20,21). The van der Waals surface area contributed by atoms with Crippen molar-refractivity contribution in [1.29, 1.82) is 0 Å². The third-order valence-corrected chi connectivity index (χ3v) is 3.37. The van der Waals surface area contributed by atoms with Crippen molar-refractivity contribution >= 4 is 39.1 Å². The molecule has 0 aliphatic rings. The van der Waals surface area contributed by atoms with Crippen LogP contribution in [0.15, 0.2) is 28.7 Å². The van der Waals surface area contributed by atoms with Gasteiger partial charge in [0.15, 0.2) is 11.6 Å². The first-order valence-corrected chi connectivity index (χ1v) is 7.20. The van der Waals surface area contributed by atoms with Gasteiger partial charge in [-0.1, -0.05) is 34.5 Å². The van der Waals surface area contributed by atoms with E-state index in [1.165, 1.54) is 12.1 Å². The van der Waals surface area contributed by atoms with Gasteiger partial charge in [-0.15, -0.1) is 0 Å². The monoisotopic (exact) mass is 374 g/mol. The van der Waals surface area contributed by atoms with Crippen molar-refractivity contribution in [1.82, 2.24) is 4.98 Å². The van der Waals surface area contributed by atoms with Crippen LogP contribution in [0.2, 0.25) is 5.15 Å². The van der Waals surface area contributed by atoms with Crippen LogP contribution in [0.5, 0.6) is 0 Å². The number of halogens is 4. The van der Waals surface area contributed by atoms with Crippen molar-refractivity contribution in [3.63, 3.8) is 0 Å². The topological polar surface area (TPSA) is 42.0 Å². The van der Waals surface area contributed by atoms with Gasteiger partial charge in [0, 0.05) is 15.7 Å². The smallest absolute Gasteiger partial charge is 0.255 e. The second-order valence-corrected chi connectivity index (χ2v) is 5.52. The number of aromatic nitrogens is 1. The number of nitrogens with one attached hydrogen (secondary N) is 1. The van der Waals surface area contributed by atoms with Gasteiger partial charge in [0.25, 0.3) is 5.91 Å². The molecule has 0 unspecified atom stereocenters. The molecule has 3 nitrogen and oxygen atoms in total. The molecular weight excluding hydrogens is 366 g/mol. The number of carbonyl (C=O) groups is 1. The molecule has 21 heavy (non-hydrogen) atoms. The predicted molar refractivity (Wildman–Crippen MR) is 80.6 cm³/mol. The van der Waals surface area contributed by atoms with Crippen LogP contribution in [0.4, 0.5) is 14.5 Å². The lowest BCUT2D eigenvalue weighted by molar-refractivity contribution is 0.102. The summed E-state index contributed by atoms with van der Waals surface area (Å²) in [7, 11) is 0. The van der Waals surface area contributed by atoms with Gasteiger partial charge in [-0.2, -0.15) is 0 Å². The predicted octanol–water partition coefficient (Wildman–Crippen LogP) is 4.59. The number of pyridine rings is 1. The zero-order valence-electron chi connectivity index (χ0n) is 10.9. The number of hydrogen-bond acceptors (Lipinski definition) is 2. The summed E-state index contributed by atoms with van der Waals surface area (Å²) >= 11 is 8.78. The molecule has 1 aromatic heterocycles. The van der Waals surface area contributed by atoms with E-state index in [1.807, 2.05) is 6.92 Å². The Kier molecular flexibility index (Phi) is 4.90. The number of rotatable bonds is 3. The number of carbonyl (C=O) groups excluding carboxylic acids is 1. The Morgan fingerprint density at radius 2 is 1.90 bits per heavy atom. The van der Waals surface area contributed by atoms with Crippen molar-refractivity contribution < 1.29 is 13.6 Å². The van der Waals surface area contributed by atoms with E-state index in [0.717, 1.165) is 12.1 Å². The molecule has 1 aromatic carbocycles. The normalized spacial score (nSPS) is 10.5. The van der Waals surface area contributed by atoms with Crippen LogP contribution >= 0.6 is 27.5 Å². The van der Waals surface area contributed by atoms with E-state index < -0.39 is 23.2 Å². The summed E-state index contributed by atoms with van der Waals surface area (Å²) in [5, 5.41) is 2.35. The van der Waals surface area contributed by atoms with Gasteiger partial charge in [-0.25, -0.2) is 13.8 Å². The number of benzene rings is 1. The van der Waals surface area contributed by atoms with Crippen LogP contribution in [0.25, 0.3) is 0 Å². The van der Waals surface area contributed by atoms with E-state index in [9.17, 15) is 13.6 Å². The lowest BCUT2D eigenvalue weighted by Crippen LogP contribution is -2.15. The molecule has 0 atom stereocenters. The molecule has 0 bridgehead atoms. The Morgan fingerprint density at radius 3 is 2.48 bits per heavy atom. The molecule has 0 aliphatic carbocycles. The first-order valence-electron chi connectivity index (χ1n) is 6.03. The summed E-state index contributed by atoms with van der Waals surface area (Å²) in [5.41, 5.74) is 0.298. The molecule has 7 heteroatoms. The third-order valence-electron chi connectivity index (χ3n) is 2.72. The van der Waals surface area contributed by atoms with E-state index in [-0.39, 0.29) is 15.2 Å². The molecule has 1 amide bonds. The van der Waals surface area contributed by atoms with Crippen molar-refractivity contribution in [2.75, 3.05) is 5.32 Å². The SMILES string of the molecule is CCc1cc(C(=O)Nc2c(F)cc(Br)cc2F)cc(Cl)n1. The summed E-state index contributed by atoms with van der Waals surface area (Å²) in [5.74, 6) is -2.40. The number of nitrogens with zero attached hydrogens (tertiary/aromatic N) is 1. The number of amides is 1.